The molecular weight excluding hydrogens is 135 g/mol. The summed E-state index contributed by atoms with van der Waals surface area (Å²) in [7, 11) is 5.31. The molecule has 11 heavy (non-hydrogen) atoms. The SMILES string of the molecule is [2H]C([B])Cc1ccc(N)c(N)c1. The fourth-order valence-corrected chi connectivity index (χ4v) is 0.887. The molecule has 0 heterocycles. The van der Waals surface area contributed by atoms with E-state index in [1.807, 2.05) is 6.07 Å². The zero-order chi connectivity index (χ0) is 9.14. The Morgan fingerprint density at radius 3 is 2.64 bits per heavy atom. The van der Waals surface area contributed by atoms with Crippen molar-refractivity contribution in [1.29, 1.82) is 0 Å². The molecule has 0 aromatic heterocycles. The third-order valence-electron chi connectivity index (χ3n) is 1.50. The summed E-state index contributed by atoms with van der Waals surface area (Å²) < 4.78 is 7.14. The normalized spacial score (nSPS) is 14.0. The standard InChI is InChI=1S/C8H11BN2/c9-4-3-6-1-2-7(10)8(11)5-6/h1-2,5H,3-4,10-11H2/i4D. The molecule has 1 aromatic rings. The van der Waals surface area contributed by atoms with E-state index in [4.69, 9.17) is 20.7 Å². The van der Waals surface area contributed by atoms with E-state index in [0.717, 1.165) is 5.56 Å². The summed E-state index contributed by atoms with van der Waals surface area (Å²) in [5.74, 6) is 0. The molecule has 1 atom stereocenters. The fourth-order valence-electron chi connectivity index (χ4n) is 0.887. The van der Waals surface area contributed by atoms with Gasteiger partial charge in [0.15, 0.2) is 0 Å². The lowest BCUT2D eigenvalue weighted by Gasteiger charge is -2.02. The molecule has 0 saturated carbocycles. The van der Waals surface area contributed by atoms with Crippen LogP contribution in [0.2, 0.25) is 6.30 Å². The van der Waals surface area contributed by atoms with Gasteiger partial charge in [-0.25, -0.2) is 0 Å². The molecule has 0 saturated heterocycles. The summed E-state index contributed by atoms with van der Waals surface area (Å²) in [6.07, 6.45) is -0.0853. The maximum Gasteiger partial charge on any atom is 0.0657 e. The predicted molar refractivity (Wildman–Crippen MR) is 49.5 cm³/mol. The van der Waals surface area contributed by atoms with E-state index in [0.29, 0.717) is 17.8 Å². The number of hydrogen-bond acceptors (Lipinski definition) is 2. The molecule has 3 heteroatoms. The van der Waals surface area contributed by atoms with E-state index in [-0.39, 0.29) is 0 Å². The van der Waals surface area contributed by atoms with Gasteiger partial charge < -0.3 is 11.5 Å². The Balaban J connectivity index is 2.82. The molecule has 1 rings (SSSR count). The van der Waals surface area contributed by atoms with Gasteiger partial charge >= 0.3 is 0 Å². The van der Waals surface area contributed by atoms with Crippen LogP contribution in [0.5, 0.6) is 0 Å². The Morgan fingerprint density at radius 2 is 2.09 bits per heavy atom. The van der Waals surface area contributed by atoms with Crippen molar-refractivity contribution in [3.63, 3.8) is 0 Å². The van der Waals surface area contributed by atoms with E-state index >= 15 is 0 Å². The molecule has 1 aromatic carbocycles. The van der Waals surface area contributed by atoms with Crippen molar-refractivity contribution in [2.75, 3.05) is 11.5 Å². The van der Waals surface area contributed by atoms with Crippen molar-refractivity contribution in [1.82, 2.24) is 0 Å². The van der Waals surface area contributed by atoms with Crippen molar-refractivity contribution in [2.45, 2.75) is 12.7 Å². The van der Waals surface area contributed by atoms with Gasteiger partial charge in [0.25, 0.3) is 0 Å². The van der Waals surface area contributed by atoms with Crippen molar-refractivity contribution >= 4 is 19.2 Å². The lowest BCUT2D eigenvalue weighted by molar-refractivity contribution is 1.14. The number of benzene rings is 1. The minimum Gasteiger partial charge on any atom is -0.397 e. The third kappa shape index (κ3) is 1.90. The van der Waals surface area contributed by atoms with Crippen molar-refractivity contribution in [3.8, 4) is 0 Å². The highest BCUT2D eigenvalue weighted by Crippen LogP contribution is 2.16. The topological polar surface area (TPSA) is 52.0 Å². The lowest BCUT2D eigenvalue weighted by Crippen LogP contribution is -1.95. The molecule has 0 bridgehead atoms. The molecule has 0 aliphatic heterocycles. The van der Waals surface area contributed by atoms with Crippen LogP contribution in [0, 0.1) is 0 Å². The largest absolute Gasteiger partial charge is 0.397 e. The van der Waals surface area contributed by atoms with Crippen LogP contribution >= 0.6 is 0 Å². The Bertz CT molecular complexity index is 276. The van der Waals surface area contributed by atoms with Gasteiger partial charge in [0.05, 0.1) is 19.2 Å². The smallest absolute Gasteiger partial charge is 0.0657 e. The molecule has 2 radical (unpaired) electrons. The van der Waals surface area contributed by atoms with E-state index in [9.17, 15) is 0 Å². The van der Waals surface area contributed by atoms with Crippen LogP contribution in [0.1, 0.15) is 6.93 Å². The Kier molecular flexibility index (Phi) is 1.99. The number of anilines is 2. The average molecular weight is 147 g/mol. The minimum atomic E-state index is -0.590. The summed E-state index contributed by atoms with van der Waals surface area (Å²) in [5, 5.41) is 0. The maximum atomic E-state index is 7.14. The van der Waals surface area contributed by atoms with Gasteiger partial charge in [-0.05, 0) is 24.1 Å². The second-order valence-corrected chi connectivity index (χ2v) is 2.40. The van der Waals surface area contributed by atoms with Crippen molar-refractivity contribution in [3.05, 3.63) is 23.8 Å². The maximum absolute atomic E-state index is 7.14. The van der Waals surface area contributed by atoms with Gasteiger partial charge in [-0.1, -0.05) is 12.4 Å². The number of aryl methyl sites for hydroxylation is 1. The monoisotopic (exact) mass is 147 g/mol. The van der Waals surface area contributed by atoms with E-state index < -0.39 is 6.30 Å². The Morgan fingerprint density at radius 1 is 1.36 bits per heavy atom. The van der Waals surface area contributed by atoms with Gasteiger partial charge in [0.2, 0.25) is 0 Å². The molecule has 56 valence electrons. The molecule has 0 spiro atoms. The summed E-state index contributed by atoms with van der Waals surface area (Å²) in [6.45, 7) is 0. The summed E-state index contributed by atoms with van der Waals surface area (Å²) in [6, 6.07) is 5.32. The van der Waals surface area contributed by atoms with Gasteiger partial charge in [-0.15, -0.1) is 0 Å². The predicted octanol–water partition coefficient (Wildman–Crippen LogP) is 0.980. The van der Waals surface area contributed by atoms with Crippen LogP contribution in [0.25, 0.3) is 0 Å². The second kappa shape index (κ2) is 3.33. The minimum absolute atomic E-state index is 0.504. The number of nitrogens with two attached hydrogens (primary N) is 2. The van der Waals surface area contributed by atoms with Crippen LogP contribution in [-0.4, -0.2) is 7.85 Å². The molecule has 0 fully saturated rings. The molecule has 0 aliphatic carbocycles. The third-order valence-corrected chi connectivity index (χ3v) is 1.50. The first-order valence-electron chi connectivity index (χ1n) is 3.99. The zero-order valence-corrected chi connectivity index (χ0v) is 6.25. The first-order chi connectivity index (χ1) is 5.59. The number of nitrogen functional groups attached to an aromatic ring is 2. The molecule has 4 N–H and O–H groups in total. The van der Waals surface area contributed by atoms with E-state index in [2.05, 4.69) is 0 Å². The molecular formula is C8H11BN2. The highest BCUT2D eigenvalue weighted by atomic mass is 14.7. The highest BCUT2D eigenvalue weighted by Gasteiger charge is 1.95. The lowest BCUT2D eigenvalue weighted by atomic mass is 9.97. The quantitative estimate of drug-likeness (QED) is 0.483. The first-order valence-corrected chi connectivity index (χ1v) is 3.41. The second-order valence-electron chi connectivity index (χ2n) is 2.40. The van der Waals surface area contributed by atoms with Crippen LogP contribution in [-0.2, 0) is 6.42 Å². The van der Waals surface area contributed by atoms with Crippen LogP contribution in [0.3, 0.4) is 0 Å². The van der Waals surface area contributed by atoms with Crippen molar-refractivity contribution in [2.24, 2.45) is 0 Å². The summed E-state index contributed by atoms with van der Waals surface area (Å²) in [4.78, 5) is 0. The molecule has 2 nitrogen and oxygen atoms in total. The molecule has 0 aliphatic rings. The van der Waals surface area contributed by atoms with Crippen LogP contribution in [0.15, 0.2) is 18.2 Å². The Labute approximate surface area is 69.4 Å². The van der Waals surface area contributed by atoms with E-state index in [1.165, 1.54) is 0 Å². The van der Waals surface area contributed by atoms with Crippen LogP contribution in [0.4, 0.5) is 11.4 Å². The molecule has 0 amide bonds. The Hall–Kier alpha value is -1.12. The highest BCUT2D eigenvalue weighted by molar-refractivity contribution is 6.08. The zero-order valence-electron chi connectivity index (χ0n) is 7.25. The average Bonchev–Trinajstić information content (AvgIpc) is 1.96. The van der Waals surface area contributed by atoms with Crippen molar-refractivity contribution < 1.29 is 1.37 Å². The van der Waals surface area contributed by atoms with Gasteiger partial charge in [-0.3, -0.25) is 0 Å². The first kappa shape index (κ1) is 6.59. The van der Waals surface area contributed by atoms with Crippen LogP contribution < -0.4 is 11.5 Å². The number of hydrogen-bond donors (Lipinski definition) is 2. The fraction of sp³-hybridized carbons (Fsp3) is 0.250. The summed E-state index contributed by atoms with van der Waals surface area (Å²) in [5.41, 5.74) is 13.2. The van der Waals surface area contributed by atoms with Gasteiger partial charge in [0.1, 0.15) is 0 Å². The van der Waals surface area contributed by atoms with Gasteiger partial charge in [0, 0.05) is 1.37 Å². The van der Waals surface area contributed by atoms with Gasteiger partial charge in [-0.2, -0.15) is 0 Å². The summed E-state index contributed by atoms with van der Waals surface area (Å²) >= 11 is 0. The molecule has 1 unspecified atom stereocenters. The number of rotatable bonds is 2. The van der Waals surface area contributed by atoms with E-state index in [1.54, 1.807) is 12.1 Å².